The van der Waals surface area contributed by atoms with Gasteiger partial charge >= 0.3 is 6.18 Å². The van der Waals surface area contributed by atoms with E-state index in [2.05, 4.69) is 9.97 Å². The summed E-state index contributed by atoms with van der Waals surface area (Å²) in [7, 11) is 0. The summed E-state index contributed by atoms with van der Waals surface area (Å²) in [6.07, 6.45) is -4.31. The molecule has 1 rings (SSSR count). The Bertz CT molecular complexity index is 421. The van der Waals surface area contributed by atoms with Gasteiger partial charge in [0, 0.05) is 23.8 Å². The Labute approximate surface area is 115 Å². The molecule has 0 bridgehead atoms. The Balaban J connectivity index is 3.07. The maximum Gasteiger partial charge on any atom is 0.406 e. The zero-order valence-corrected chi connectivity index (χ0v) is 11.9. The fourth-order valence-electron chi connectivity index (χ4n) is 1.58. The monoisotopic (exact) mass is 295 g/mol. The predicted octanol–water partition coefficient (Wildman–Crippen LogP) is 3.52. The summed E-state index contributed by atoms with van der Waals surface area (Å²) < 4.78 is 37.6. The van der Waals surface area contributed by atoms with Gasteiger partial charge in [0.15, 0.2) is 0 Å². The lowest BCUT2D eigenvalue weighted by Crippen LogP contribution is -2.37. The van der Waals surface area contributed by atoms with Crippen molar-refractivity contribution in [3.05, 3.63) is 17.5 Å². The molecule has 108 valence electrons. The molecule has 1 heterocycles. The molecule has 0 N–H and O–H groups in total. The van der Waals surface area contributed by atoms with E-state index in [-0.39, 0.29) is 24.3 Å². The first-order chi connectivity index (χ1) is 8.73. The van der Waals surface area contributed by atoms with Gasteiger partial charge in [-0.25, -0.2) is 9.97 Å². The molecule has 0 fully saturated rings. The van der Waals surface area contributed by atoms with Crippen molar-refractivity contribution in [2.45, 2.75) is 32.9 Å². The molecule has 1 aromatic rings. The smallest absolute Gasteiger partial charge is 0.331 e. The van der Waals surface area contributed by atoms with Crippen molar-refractivity contribution in [3.63, 3.8) is 0 Å². The van der Waals surface area contributed by atoms with Gasteiger partial charge in [-0.3, -0.25) is 0 Å². The minimum atomic E-state index is -4.31. The highest BCUT2D eigenvalue weighted by Crippen LogP contribution is 2.22. The standard InChI is InChI=1S/C12H17ClF3N3/c1-8(2)10-6-9(3)17-11(18-10)19(5-4-13)7-12(14,15)16/h6,8H,4-5,7H2,1-3H3. The molecule has 0 amide bonds. The van der Waals surface area contributed by atoms with Gasteiger partial charge in [-0.2, -0.15) is 13.2 Å². The molecule has 0 saturated heterocycles. The van der Waals surface area contributed by atoms with Crippen molar-refractivity contribution < 1.29 is 13.2 Å². The molecule has 19 heavy (non-hydrogen) atoms. The Morgan fingerprint density at radius 3 is 2.42 bits per heavy atom. The van der Waals surface area contributed by atoms with Crippen LogP contribution in [0, 0.1) is 6.92 Å². The molecule has 0 aliphatic rings. The number of nitrogens with zero attached hydrogens (tertiary/aromatic N) is 3. The molecule has 0 aliphatic carbocycles. The number of hydrogen-bond donors (Lipinski definition) is 0. The molecule has 0 aromatic carbocycles. The van der Waals surface area contributed by atoms with Crippen LogP contribution in [0.25, 0.3) is 0 Å². The van der Waals surface area contributed by atoms with Gasteiger partial charge in [-0.1, -0.05) is 13.8 Å². The van der Waals surface area contributed by atoms with Crippen LogP contribution in [-0.2, 0) is 0 Å². The van der Waals surface area contributed by atoms with Gasteiger partial charge in [0.1, 0.15) is 6.54 Å². The van der Waals surface area contributed by atoms with Crippen molar-refractivity contribution in [2.24, 2.45) is 0 Å². The summed E-state index contributed by atoms with van der Waals surface area (Å²) >= 11 is 5.55. The average Bonchev–Trinajstić information content (AvgIpc) is 2.25. The van der Waals surface area contributed by atoms with Crippen LogP contribution < -0.4 is 4.90 Å². The molecule has 0 spiro atoms. The predicted molar refractivity (Wildman–Crippen MR) is 69.8 cm³/mol. The summed E-state index contributed by atoms with van der Waals surface area (Å²) in [4.78, 5) is 9.33. The Kier molecular flexibility index (Phi) is 5.40. The number of aryl methyl sites for hydroxylation is 1. The van der Waals surface area contributed by atoms with Crippen molar-refractivity contribution in [3.8, 4) is 0 Å². The second kappa shape index (κ2) is 6.41. The van der Waals surface area contributed by atoms with Crippen LogP contribution >= 0.6 is 11.6 Å². The van der Waals surface area contributed by atoms with Crippen LogP contribution in [0.15, 0.2) is 6.07 Å². The first-order valence-corrected chi connectivity index (χ1v) is 6.49. The first kappa shape index (κ1) is 16.0. The third-order valence-electron chi connectivity index (χ3n) is 2.46. The minimum absolute atomic E-state index is 0.0576. The van der Waals surface area contributed by atoms with Crippen molar-refractivity contribution in [1.29, 1.82) is 0 Å². The molecule has 1 aromatic heterocycles. The summed E-state index contributed by atoms with van der Waals surface area (Å²) in [5.74, 6) is 0.301. The molecular weight excluding hydrogens is 279 g/mol. The number of alkyl halides is 4. The minimum Gasteiger partial charge on any atom is -0.331 e. The summed E-state index contributed by atoms with van der Waals surface area (Å²) in [5, 5.41) is 0. The molecule has 0 aliphatic heterocycles. The van der Waals surface area contributed by atoms with Crippen molar-refractivity contribution in [1.82, 2.24) is 9.97 Å². The van der Waals surface area contributed by atoms with E-state index < -0.39 is 12.7 Å². The highest BCUT2D eigenvalue weighted by molar-refractivity contribution is 6.18. The van der Waals surface area contributed by atoms with Gasteiger partial charge in [-0.15, -0.1) is 11.6 Å². The summed E-state index contributed by atoms with van der Waals surface area (Å²) in [6, 6.07) is 1.78. The number of halogens is 4. The van der Waals surface area contributed by atoms with Crippen LogP contribution in [0.3, 0.4) is 0 Å². The van der Waals surface area contributed by atoms with E-state index >= 15 is 0 Å². The molecule has 0 atom stereocenters. The van der Waals surface area contributed by atoms with Gasteiger partial charge in [0.25, 0.3) is 0 Å². The van der Waals surface area contributed by atoms with Gasteiger partial charge in [0.2, 0.25) is 5.95 Å². The highest BCUT2D eigenvalue weighted by Gasteiger charge is 2.32. The van der Waals surface area contributed by atoms with Gasteiger partial charge in [0.05, 0.1) is 0 Å². The van der Waals surface area contributed by atoms with E-state index in [4.69, 9.17) is 11.6 Å². The van der Waals surface area contributed by atoms with E-state index in [0.29, 0.717) is 5.69 Å². The van der Waals surface area contributed by atoms with Crippen LogP contribution in [0.5, 0.6) is 0 Å². The van der Waals surface area contributed by atoms with Crippen LogP contribution in [0.4, 0.5) is 19.1 Å². The lowest BCUT2D eigenvalue weighted by atomic mass is 10.1. The number of aromatic nitrogens is 2. The molecular formula is C12H17ClF3N3. The Hall–Kier alpha value is -1.04. The molecule has 0 saturated carbocycles. The van der Waals surface area contributed by atoms with E-state index in [9.17, 15) is 13.2 Å². The number of rotatable bonds is 5. The SMILES string of the molecule is Cc1cc(C(C)C)nc(N(CCCl)CC(F)(F)F)n1. The average molecular weight is 296 g/mol. The Morgan fingerprint density at radius 1 is 1.32 bits per heavy atom. The molecule has 7 heteroatoms. The molecule has 0 unspecified atom stereocenters. The second-order valence-corrected chi connectivity index (χ2v) is 4.99. The zero-order chi connectivity index (χ0) is 14.6. The van der Waals surface area contributed by atoms with Crippen molar-refractivity contribution in [2.75, 3.05) is 23.9 Å². The molecule has 0 radical (unpaired) electrons. The normalized spacial score (nSPS) is 12.0. The van der Waals surface area contributed by atoms with E-state index in [0.717, 1.165) is 10.6 Å². The van der Waals surface area contributed by atoms with E-state index in [1.807, 2.05) is 13.8 Å². The quantitative estimate of drug-likeness (QED) is 0.778. The summed E-state index contributed by atoms with van der Waals surface area (Å²) in [6.45, 7) is 4.56. The van der Waals surface area contributed by atoms with Gasteiger partial charge in [-0.05, 0) is 18.9 Å². The maximum atomic E-state index is 12.5. The lowest BCUT2D eigenvalue weighted by Gasteiger charge is -2.24. The fraction of sp³-hybridized carbons (Fsp3) is 0.667. The zero-order valence-electron chi connectivity index (χ0n) is 11.1. The van der Waals surface area contributed by atoms with E-state index in [1.165, 1.54) is 0 Å². The van der Waals surface area contributed by atoms with Gasteiger partial charge < -0.3 is 4.90 Å². The summed E-state index contributed by atoms with van der Waals surface area (Å²) in [5.41, 5.74) is 1.37. The van der Waals surface area contributed by atoms with Crippen LogP contribution in [-0.4, -0.2) is 35.1 Å². The Morgan fingerprint density at radius 2 is 1.95 bits per heavy atom. The number of anilines is 1. The second-order valence-electron chi connectivity index (χ2n) is 4.61. The highest BCUT2D eigenvalue weighted by atomic mass is 35.5. The largest absolute Gasteiger partial charge is 0.406 e. The molecule has 3 nitrogen and oxygen atoms in total. The van der Waals surface area contributed by atoms with Crippen molar-refractivity contribution >= 4 is 17.5 Å². The third kappa shape index (κ3) is 5.22. The van der Waals surface area contributed by atoms with Crippen LogP contribution in [0.2, 0.25) is 0 Å². The third-order valence-corrected chi connectivity index (χ3v) is 2.63. The first-order valence-electron chi connectivity index (χ1n) is 5.96. The maximum absolute atomic E-state index is 12.5. The number of hydrogen-bond acceptors (Lipinski definition) is 3. The van der Waals surface area contributed by atoms with E-state index in [1.54, 1.807) is 13.0 Å². The van der Waals surface area contributed by atoms with Crippen LogP contribution in [0.1, 0.15) is 31.2 Å². The topological polar surface area (TPSA) is 29.0 Å². The lowest BCUT2D eigenvalue weighted by molar-refractivity contribution is -0.119. The fourth-order valence-corrected chi connectivity index (χ4v) is 1.79.